The Balaban J connectivity index is 1.76. The topological polar surface area (TPSA) is 55.1 Å². The Labute approximate surface area is 123 Å². The van der Waals surface area contributed by atoms with E-state index in [2.05, 4.69) is 30.4 Å². The number of nitrogen functional groups attached to an aromatic ring is 1. The van der Waals surface area contributed by atoms with Gasteiger partial charge in [-0.25, -0.2) is 0 Å². The highest BCUT2D eigenvalue weighted by molar-refractivity contribution is 7.99. The first-order valence-electron chi connectivity index (χ1n) is 6.42. The van der Waals surface area contributed by atoms with Gasteiger partial charge in [0, 0.05) is 17.1 Å². The van der Waals surface area contributed by atoms with Crippen molar-refractivity contribution in [3.8, 4) is 0 Å². The number of anilines is 2. The third-order valence-electron chi connectivity index (χ3n) is 2.78. The number of amides is 1. The zero-order valence-corrected chi connectivity index (χ0v) is 12.2. The van der Waals surface area contributed by atoms with Crippen LogP contribution in [0.2, 0.25) is 0 Å². The number of aryl methyl sites for hydroxylation is 1. The summed E-state index contributed by atoms with van der Waals surface area (Å²) in [5, 5.41) is 2.85. The molecule has 0 aliphatic rings. The van der Waals surface area contributed by atoms with E-state index < -0.39 is 0 Å². The Morgan fingerprint density at radius 3 is 2.65 bits per heavy atom. The number of nitrogens with one attached hydrogen (secondary N) is 1. The van der Waals surface area contributed by atoms with E-state index in [1.807, 2.05) is 6.07 Å². The average molecular weight is 286 g/mol. The largest absolute Gasteiger partial charge is 0.399 e. The molecule has 0 atom stereocenters. The molecule has 3 N–H and O–H groups in total. The number of nitrogens with two attached hydrogens (primary N) is 1. The van der Waals surface area contributed by atoms with Crippen molar-refractivity contribution in [3.05, 3.63) is 59.7 Å². The molecule has 0 unspecified atom stereocenters. The SMILES string of the molecule is Cc1cccc(CSCC(=O)Nc2ccc(N)cc2)c1. The second-order valence-electron chi connectivity index (χ2n) is 4.65. The van der Waals surface area contributed by atoms with Crippen LogP contribution in [0.4, 0.5) is 11.4 Å². The maximum atomic E-state index is 11.8. The molecule has 0 fully saturated rings. The van der Waals surface area contributed by atoms with Crippen molar-refractivity contribution in [1.29, 1.82) is 0 Å². The smallest absolute Gasteiger partial charge is 0.234 e. The summed E-state index contributed by atoms with van der Waals surface area (Å²) in [6.07, 6.45) is 0. The Hall–Kier alpha value is -1.94. The lowest BCUT2D eigenvalue weighted by Crippen LogP contribution is -2.14. The minimum Gasteiger partial charge on any atom is -0.399 e. The summed E-state index contributed by atoms with van der Waals surface area (Å²) in [6.45, 7) is 2.07. The third kappa shape index (κ3) is 4.63. The van der Waals surface area contributed by atoms with Gasteiger partial charge in [-0.3, -0.25) is 4.79 Å². The molecular formula is C16H18N2OS. The molecule has 0 aromatic heterocycles. The van der Waals surface area contributed by atoms with E-state index >= 15 is 0 Å². The summed E-state index contributed by atoms with van der Waals surface area (Å²) >= 11 is 1.61. The normalized spacial score (nSPS) is 10.2. The number of carbonyl (C=O) groups is 1. The van der Waals surface area contributed by atoms with Gasteiger partial charge in [0.15, 0.2) is 0 Å². The van der Waals surface area contributed by atoms with Crippen molar-refractivity contribution in [2.75, 3.05) is 16.8 Å². The van der Waals surface area contributed by atoms with Crippen molar-refractivity contribution in [1.82, 2.24) is 0 Å². The average Bonchev–Trinajstić information content (AvgIpc) is 2.41. The summed E-state index contributed by atoms with van der Waals surface area (Å²) in [5.41, 5.74) is 9.56. The fraction of sp³-hybridized carbons (Fsp3) is 0.188. The second-order valence-corrected chi connectivity index (χ2v) is 5.64. The van der Waals surface area contributed by atoms with Crippen molar-refractivity contribution in [2.24, 2.45) is 0 Å². The van der Waals surface area contributed by atoms with Gasteiger partial charge in [-0.05, 0) is 36.8 Å². The van der Waals surface area contributed by atoms with Gasteiger partial charge in [0.05, 0.1) is 5.75 Å². The van der Waals surface area contributed by atoms with Gasteiger partial charge >= 0.3 is 0 Å². The van der Waals surface area contributed by atoms with Crippen LogP contribution >= 0.6 is 11.8 Å². The summed E-state index contributed by atoms with van der Waals surface area (Å²) in [5.74, 6) is 1.29. The lowest BCUT2D eigenvalue weighted by Gasteiger charge is -2.06. The highest BCUT2D eigenvalue weighted by Gasteiger charge is 2.03. The fourth-order valence-corrected chi connectivity index (χ4v) is 2.60. The Morgan fingerprint density at radius 2 is 1.95 bits per heavy atom. The summed E-state index contributed by atoms with van der Waals surface area (Å²) < 4.78 is 0. The van der Waals surface area contributed by atoms with E-state index in [0.717, 1.165) is 11.4 Å². The second kappa shape index (κ2) is 7.01. The van der Waals surface area contributed by atoms with Crippen LogP contribution < -0.4 is 11.1 Å². The van der Waals surface area contributed by atoms with Gasteiger partial charge in [0.2, 0.25) is 5.91 Å². The number of hydrogen-bond donors (Lipinski definition) is 2. The highest BCUT2D eigenvalue weighted by atomic mass is 32.2. The molecule has 2 rings (SSSR count). The number of hydrogen-bond acceptors (Lipinski definition) is 3. The molecule has 20 heavy (non-hydrogen) atoms. The van der Waals surface area contributed by atoms with Crippen LogP contribution in [0, 0.1) is 6.92 Å². The maximum absolute atomic E-state index is 11.8. The van der Waals surface area contributed by atoms with Crippen molar-refractivity contribution in [2.45, 2.75) is 12.7 Å². The highest BCUT2D eigenvalue weighted by Crippen LogP contribution is 2.15. The zero-order chi connectivity index (χ0) is 14.4. The van der Waals surface area contributed by atoms with Gasteiger partial charge in [-0.1, -0.05) is 29.8 Å². The lowest BCUT2D eigenvalue weighted by molar-refractivity contribution is -0.113. The van der Waals surface area contributed by atoms with Crippen molar-refractivity contribution in [3.63, 3.8) is 0 Å². The number of carbonyl (C=O) groups excluding carboxylic acids is 1. The molecule has 0 radical (unpaired) electrons. The molecule has 4 heteroatoms. The van der Waals surface area contributed by atoms with Crippen LogP contribution in [-0.2, 0) is 10.5 Å². The monoisotopic (exact) mass is 286 g/mol. The predicted octanol–water partition coefficient (Wildman–Crippen LogP) is 3.45. The first-order valence-corrected chi connectivity index (χ1v) is 7.57. The van der Waals surface area contributed by atoms with E-state index in [9.17, 15) is 4.79 Å². The predicted molar refractivity (Wildman–Crippen MR) is 86.8 cm³/mol. The van der Waals surface area contributed by atoms with Crippen LogP contribution in [0.5, 0.6) is 0 Å². The number of rotatable bonds is 5. The molecule has 0 aliphatic heterocycles. The molecule has 0 bridgehead atoms. The number of benzene rings is 2. The summed E-state index contributed by atoms with van der Waals surface area (Å²) in [4.78, 5) is 11.8. The quantitative estimate of drug-likeness (QED) is 0.828. The van der Waals surface area contributed by atoms with Crippen molar-refractivity contribution < 1.29 is 4.79 Å². The van der Waals surface area contributed by atoms with E-state index in [4.69, 9.17) is 5.73 Å². The van der Waals surface area contributed by atoms with E-state index in [0.29, 0.717) is 11.4 Å². The molecule has 0 saturated heterocycles. The Kier molecular flexibility index (Phi) is 5.07. The fourth-order valence-electron chi connectivity index (χ4n) is 1.83. The Bertz CT molecular complexity index is 581. The van der Waals surface area contributed by atoms with Crippen molar-refractivity contribution >= 4 is 29.0 Å². The van der Waals surface area contributed by atoms with Gasteiger partial charge < -0.3 is 11.1 Å². The third-order valence-corrected chi connectivity index (χ3v) is 3.78. The first-order chi connectivity index (χ1) is 9.63. The van der Waals surface area contributed by atoms with E-state index in [1.54, 1.807) is 36.0 Å². The van der Waals surface area contributed by atoms with Gasteiger partial charge in [-0.15, -0.1) is 11.8 Å². The standard InChI is InChI=1S/C16H18N2OS/c1-12-3-2-4-13(9-12)10-20-11-16(19)18-15-7-5-14(17)6-8-15/h2-9H,10-11,17H2,1H3,(H,18,19). The number of thioether (sulfide) groups is 1. The Morgan fingerprint density at radius 1 is 1.20 bits per heavy atom. The van der Waals surface area contributed by atoms with Crippen LogP contribution in [0.25, 0.3) is 0 Å². The molecular weight excluding hydrogens is 268 g/mol. The molecule has 2 aromatic carbocycles. The summed E-state index contributed by atoms with van der Waals surface area (Å²) in [7, 11) is 0. The van der Waals surface area contributed by atoms with Gasteiger partial charge in [0.1, 0.15) is 0 Å². The molecule has 0 saturated carbocycles. The molecule has 3 nitrogen and oxygen atoms in total. The van der Waals surface area contributed by atoms with Crippen LogP contribution in [0.15, 0.2) is 48.5 Å². The minimum absolute atomic E-state index is 0.00687. The molecule has 0 spiro atoms. The van der Waals surface area contributed by atoms with E-state index in [-0.39, 0.29) is 5.91 Å². The zero-order valence-electron chi connectivity index (χ0n) is 11.4. The first kappa shape index (κ1) is 14.5. The van der Waals surface area contributed by atoms with Crippen LogP contribution in [0.1, 0.15) is 11.1 Å². The summed E-state index contributed by atoms with van der Waals surface area (Å²) in [6, 6.07) is 15.5. The molecule has 2 aromatic rings. The maximum Gasteiger partial charge on any atom is 0.234 e. The lowest BCUT2D eigenvalue weighted by atomic mass is 10.2. The molecule has 104 valence electrons. The van der Waals surface area contributed by atoms with Crippen LogP contribution in [-0.4, -0.2) is 11.7 Å². The molecule has 1 amide bonds. The van der Waals surface area contributed by atoms with Gasteiger partial charge in [0.25, 0.3) is 0 Å². The van der Waals surface area contributed by atoms with Crippen LogP contribution in [0.3, 0.4) is 0 Å². The molecule has 0 aliphatic carbocycles. The minimum atomic E-state index is 0.00687. The van der Waals surface area contributed by atoms with E-state index in [1.165, 1.54) is 11.1 Å². The van der Waals surface area contributed by atoms with Gasteiger partial charge in [-0.2, -0.15) is 0 Å². The molecule has 0 heterocycles.